The van der Waals surface area contributed by atoms with Gasteiger partial charge in [0, 0.05) is 17.3 Å². The Balaban J connectivity index is 2.17. The first-order chi connectivity index (χ1) is 10.9. The number of hydrogen-bond acceptors (Lipinski definition) is 4. The second-order valence-corrected chi connectivity index (χ2v) is 6.37. The predicted molar refractivity (Wildman–Crippen MR) is 84.9 cm³/mol. The lowest BCUT2D eigenvalue weighted by atomic mass is 10.1. The summed E-state index contributed by atoms with van der Waals surface area (Å²) in [6.07, 6.45) is 1.52. The normalized spacial score (nSPS) is 12.2. The molecular weight excluding hydrogens is 322 g/mol. The number of aryl methyl sites for hydroxylation is 1. The molecule has 122 valence electrons. The van der Waals surface area contributed by atoms with Crippen LogP contribution in [0.3, 0.4) is 0 Å². The smallest absolute Gasteiger partial charge is 0.251 e. The number of thioether (sulfide) groups is 1. The molecule has 1 heterocycles. The van der Waals surface area contributed by atoms with E-state index in [-0.39, 0.29) is 16.9 Å². The van der Waals surface area contributed by atoms with Gasteiger partial charge in [0.1, 0.15) is 0 Å². The number of nitrogens with zero attached hydrogens (tertiary/aromatic N) is 1. The molecule has 0 fully saturated rings. The number of aromatic amines is 1. The number of ketones is 1. The van der Waals surface area contributed by atoms with E-state index in [1.165, 1.54) is 12.1 Å². The van der Waals surface area contributed by atoms with Crippen LogP contribution in [0.5, 0.6) is 0 Å². The van der Waals surface area contributed by atoms with Crippen molar-refractivity contribution in [3.8, 4) is 0 Å². The monoisotopic (exact) mass is 338 g/mol. The molecule has 0 aliphatic carbocycles. The minimum Gasteiger partial charge on any atom is -0.301 e. The van der Waals surface area contributed by atoms with Crippen molar-refractivity contribution in [2.24, 2.45) is 0 Å². The fraction of sp³-hybridized carbons (Fsp3) is 0.312. The number of Topliss-reactive ketones (excluding diaryl/α,β-unsaturated/α-hetero) is 1. The lowest BCUT2D eigenvalue weighted by Gasteiger charge is -2.10. The molecule has 2 rings (SSSR count). The van der Waals surface area contributed by atoms with E-state index in [0.29, 0.717) is 17.3 Å². The van der Waals surface area contributed by atoms with Gasteiger partial charge < -0.3 is 4.98 Å². The zero-order valence-electron chi connectivity index (χ0n) is 12.7. The number of benzene rings is 1. The van der Waals surface area contributed by atoms with E-state index in [1.807, 2.05) is 6.92 Å². The van der Waals surface area contributed by atoms with Crippen molar-refractivity contribution < 1.29 is 13.6 Å². The Morgan fingerprint density at radius 3 is 2.70 bits per heavy atom. The molecule has 0 aliphatic heterocycles. The average molecular weight is 338 g/mol. The Morgan fingerprint density at radius 1 is 1.30 bits per heavy atom. The molecule has 23 heavy (non-hydrogen) atoms. The number of halogens is 2. The van der Waals surface area contributed by atoms with E-state index in [9.17, 15) is 18.4 Å². The van der Waals surface area contributed by atoms with Crippen LogP contribution in [0.1, 0.15) is 36.3 Å². The molecule has 1 N–H and O–H groups in total. The molecule has 0 amide bonds. The summed E-state index contributed by atoms with van der Waals surface area (Å²) in [5, 5.41) is -0.260. The number of nitrogens with one attached hydrogen (secondary N) is 1. The number of carbonyl (C=O) groups is 1. The summed E-state index contributed by atoms with van der Waals surface area (Å²) in [6.45, 7) is 3.60. The topological polar surface area (TPSA) is 62.8 Å². The summed E-state index contributed by atoms with van der Waals surface area (Å²) in [5.41, 5.74) is 0.459. The summed E-state index contributed by atoms with van der Waals surface area (Å²) in [6, 6.07) is 4.46. The zero-order valence-corrected chi connectivity index (χ0v) is 13.5. The first-order valence-electron chi connectivity index (χ1n) is 7.17. The van der Waals surface area contributed by atoms with Crippen molar-refractivity contribution in [1.29, 1.82) is 0 Å². The highest BCUT2D eigenvalue weighted by Crippen LogP contribution is 2.23. The maximum atomic E-state index is 13.2. The summed E-state index contributed by atoms with van der Waals surface area (Å²) >= 11 is 1.08. The number of carbonyl (C=O) groups excluding carboxylic acids is 1. The lowest BCUT2D eigenvalue weighted by Crippen LogP contribution is -2.17. The van der Waals surface area contributed by atoms with Crippen LogP contribution < -0.4 is 5.56 Å². The standard InChI is InChI=1S/C16H16F2N2O2S/c1-3-4-11-8-14(21)20-16(19-11)23-9(2)15(22)10-5-6-12(17)13(18)7-10/h5-9H,3-4H2,1-2H3,(H,19,20,21). The minimum absolute atomic E-state index is 0.0796. The number of rotatable bonds is 6. The van der Waals surface area contributed by atoms with Crippen LogP contribution in [-0.2, 0) is 6.42 Å². The van der Waals surface area contributed by atoms with E-state index < -0.39 is 16.9 Å². The van der Waals surface area contributed by atoms with Gasteiger partial charge in [-0.2, -0.15) is 0 Å². The predicted octanol–water partition coefficient (Wildman–Crippen LogP) is 3.36. The van der Waals surface area contributed by atoms with Gasteiger partial charge in [-0.1, -0.05) is 25.1 Å². The largest absolute Gasteiger partial charge is 0.301 e. The van der Waals surface area contributed by atoms with Crippen molar-refractivity contribution in [3.05, 3.63) is 57.5 Å². The van der Waals surface area contributed by atoms with Crippen molar-refractivity contribution in [1.82, 2.24) is 9.97 Å². The number of aromatic nitrogens is 2. The quantitative estimate of drug-likeness (QED) is 0.498. The van der Waals surface area contributed by atoms with Crippen molar-refractivity contribution in [2.45, 2.75) is 37.1 Å². The third-order valence-electron chi connectivity index (χ3n) is 3.14. The van der Waals surface area contributed by atoms with Crippen LogP contribution in [-0.4, -0.2) is 21.0 Å². The van der Waals surface area contributed by atoms with Crippen LogP contribution in [0, 0.1) is 11.6 Å². The second-order valence-electron chi connectivity index (χ2n) is 5.05. The van der Waals surface area contributed by atoms with Crippen LogP contribution >= 0.6 is 11.8 Å². The van der Waals surface area contributed by atoms with Crippen LogP contribution in [0.15, 0.2) is 34.2 Å². The molecule has 0 aliphatic rings. The molecule has 1 atom stereocenters. The lowest BCUT2D eigenvalue weighted by molar-refractivity contribution is 0.0993. The highest BCUT2D eigenvalue weighted by atomic mass is 32.2. The van der Waals surface area contributed by atoms with E-state index in [4.69, 9.17) is 0 Å². The summed E-state index contributed by atoms with van der Waals surface area (Å²) in [5.74, 6) is -2.43. The molecule has 1 unspecified atom stereocenters. The van der Waals surface area contributed by atoms with Gasteiger partial charge in [-0.3, -0.25) is 9.59 Å². The summed E-state index contributed by atoms with van der Waals surface area (Å²) in [4.78, 5) is 30.7. The third-order valence-corrected chi connectivity index (χ3v) is 4.13. The molecule has 1 aromatic heterocycles. The molecule has 0 spiro atoms. The maximum absolute atomic E-state index is 13.2. The molecule has 2 aromatic rings. The summed E-state index contributed by atoms with van der Waals surface area (Å²) in [7, 11) is 0. The second kappa shape index (κ2) is 7.50. The number of hydrogen-bond donors (Lipinski definition) is 1. The highest BCUT2D eigenvalue weighted by molar-refractivity contribution is 8.00. The van der Waals surface area contributed by atoms with Crippen molar-refractivity contribution in [2.75, 3.05) is 0 Å². The SMILES string of the molecule is CCCc1cc(=O)[nH]c(SC(C)C(=O)c2ccc(F)c(F)c2)n1. The maximum Gasteiger partial charge on any atom is 0.251 e. The fourth-order valence-corrected chi connectivity index (χ4v) is 2.94. The molecule has 7 heteroatoms. The first-order valence-corrected chi connectivity index (χ1v) is 8.04. The Labute approximate surface area is 136 Å². The first kappa shape index (κ1) is 17.3. The van der Waals surface area contributed by atoms with Gasteiger partial charge in [-0.15, -0.1) is 0 Å². The molecule has 0 bridgehead atoms. The van der Waals surface area contributed by atoms with E-state index in [2.05, 4.69) is 9.97 Å². The minimum atomic E-state index is -1.07. The van der Waals surface area contributed by atoms with Gasteiger partial charge in [0.15, 0.2) is 22.6 Å². The van der Waals surface area contributed by atoms with E-state index >= 15 is 0 Å². The molecular formula is C16H16F2N2O2S. The molecule has 4 nitrogen and oxygen atoms in total. The Morgan fingerprint density at radius 2 is 2.04 bits per heavy atom. The molecule has 0 radical (unpaired) electrons. The Bertz CT molecular complexity index is 777. The highest BCUT2D eigenvalue weighted by Gasteiger charge is 2.19. The van der Waals surface area contributed by atoms with Crippen LogP contribution in [0.25, 0.3) is 0 Å². The van der Waals surface area contributed by atoms with Crippen LogP contribution in [0.4, 0.5) is 8.78 Å². The Hall–Kier alpha value is -2.02. The molecule has 0 saturated heterocycles. The van der Waals surface area contributed by atoms with E-state index in [1.54, 1.807) is 6.92 Å². The van der Waals surface area contributed by atoms with Crippen LogP contribution in [0.2, 0.25) is 0 Å². The van der Waals surface area contributed by atoms with Crippen molar-refractivity contribution in [3.63, 3.8) is 0 Å². The third kappa shape index (κ3) is 4.48. The van der Waals surface area contributed by atoms with Gasteiger partial charge in [0.05, 0.1) is 5.25 Å². The number of H-pyrrole nitrogens is 1. The average Bonchev–Trinajstić information content (AvgIpc) is 2.49. The Kier molecular flexibility index (Phi) is 5.65. The van der Waals surface area contributed by atoms with Crippen molar-refractivity contribution >= 4 is 17.5 Å². The molecule has 1 aromatic carbocycles. The fourth-order valence-electron chi connectivity index (χ4n) is 2.03. The van der Waals surface area contributed by atoms with Gasteiger partial charge in [0.25, 0.3) is 5.56 Å². The molecule has 0 saturated carbocycles. The van der Waals surface area contributed by atoms with E-state index in [0.717, 1.165) is 30.3 Å². The van der Waals surface area contributed by atoms with Gasteiger partial charge in [-0.05, 0) is 31.5 Å². The summed E-state index contributed by atoms with van der Waals surface area (Å²) < 4.78 is 26.2. The van der Waals surface area contributed by atoms with Gasteiger partial charge >= 0.3 is 0 Å². The van der Waals surface area contributed by atoms with Gasteiger partial charge in [-0.25, -0.2) is 13.8 Å². The zero-order chi connectivity index (χ0) is 17.0. The van der Waals surface area contributed by atoms with Gasteiger partial charge in [0.2, 0.25) is 0 Å².